The van der Waals surface area contributed by atoms with Crippen LogP contribution in [0.25, 0.3) is 0 Å². The average Bonchev–Trinajstić information content (AvgIpc) is 3.92. The Hall–Kier alpha value is -4.26. The van der Waals surface area contributed by atoms with Crippen LogP contribution in [0.2, 0.25) is 0 Å². The lowest BCUT2D eigenvalue weighted by molar-refractivity contribution is 0.0947. The first-order valence-electron chi connectivity index (χ1n) is 12.4. The zero-order chi connectivity index (χ0) is 26.5. The fourth-order valence-corrected chi connectivity index (χ4v) is 4.43. The first-order chi connectivity index (χ1) is 18.6. The van der Waals surface area contributed by atoms with Gasteiger partial charge in [0.1, 0.15) is 23.7 Å². The van der Waals surface area contributed by atoms with E-state index in [1.807, 2.05) is 109 Å². The number of carbonyl (C=O) groups is 2. The van der Waals surface area contributed by atoms with Crippen LogP contribution in [0.4, 0.5) is 0 Å². The van der Waals surface area contributed by atoms with Gasteiger partial charge in [-0.1, -0.05) is 97.1 Å². The standard InChI is InChI=1S/2C16H14O3/c2*1-18-13-10-6-5-9-12(13)15-16(19-15)14(17)11-7-3-2-4-8-11/h2*2-10,15-16H,1H3/t2*15-,16-/m00/s1. The summed E-state index contributed by atoms with van der Waals surface area (Å²) >= 11 is 0. The van der Waals surface area contributed by atoms with E-state index in [1.165, 1.54) is 0 Å². The molecule has 0 unspecified atom stereocenters. The third kappa shape index (κ3) is 5.52. The molecule has 0 aliphatic carbocycles. The molecule has 0 N–H and O–H groups in total. The molecule has 6 heteroatoms. The summed E-state index contributed by atoms with van der Waals surface area (Å²) in [5, 5.41) is 0. The van der Waals surface area contributed by atoms with Crippen LogP contribution in [0.15, 0.2) is 109 Å². The number of ether oxygens (including phenoxy) is 4. The number of methoxy groups -OCH3 is 2. The molecular formula is C32H28O6. The van der Waals surface area contributed by atoms with E-state index in [0.717, 1.165) is 22.6 Å². The number of para-hydroxylation sites is 2. The van der Waals surface area contributed by atoms with E-state index in [2.05, 4.69) is 0 Å². The lowest BCUT2D eigenvalue weighted by Gasteiger charge is -2.04. The summed E-state index contributed by atoms with van der Waals surface area (Å²) in [4.78, 5) is 24.4. The van der Waals surface area contributed by atoms with Gasteiger partial charge in [0.15, 0.2) is 23.8 Å². The van der Waals surface area contributed by atoms with E-state index in [0.29, 0.717) is 11.1 Å². The van der Waals surface area contributed by atoms with E-state index < -0.39 is 12.2 Å². The molecule has 0 spiro atoms. The molecule has 6 nitrogen and oxygen atoms in total. The molecule has 2 saturated heterocycles. The number of ketones is 2. The monoisotopic (exact) mass is 508 g/mol. The number of hydrogen-bond donors (Lipinski definition) is 0. The maximum atomic E-state index is 12.2. The Labute approximate surface area is 221 Å². The smallest absolute Gasteiger partial charge is 0.194 e. The van der Waals surface area contributed by atoms with Crippen molar-refractivity contribution in [3.63, 3.8) is 0 Å². The first kappa shape index (κ1) is 25.4. The summed E-state index contributed by atoms with van der Waals surface area (Å²) in [5.41, 5.74) is 3.23. The molecule has 0 aromatic heterocycles. The normalized spacial score (nSPS) is 20.9. The summed E-state index contributed by atoms with van der Waals surface area (Å²) in [7, 11) is 3.24. The van der Waals surface area contributed by atoms with Crippen LogP contribution < -0.4 is 9.47 Å². The molecule has 0 amide bonds. The Morgan fingerprint density at radius 3 is 1.24 bits per heavy atom. The Morgan fingerprint density at radius 2 is 0.868 bits per heavy atom. The molecule has 2 aliphatic heterocycles. The van der Waals surface area contributed by atoms with Crippen molar-refractivity contribution >= 4 is 11.6 Å². The van der Waals surface area contributed by atoms with E-state index in [9.17, 15) is 9.59 Å². The lowest BCUT2D eigenvalue weighted by atomic mass is 10.0. The van der Waals surface area contributed by atoms with Gasteiger partial charge in [-0.25, -0.2) is 0 Å². The zero-order valence-electron chi connectivity index (χ0n) is 21.2. The van der Waals surface area contributed by atoms with Crippen LogP contribution in [-0.4, -0.2) is 38.0 Å². The summed E-state index contributed by atoms with van der Waals surface area (Å²) in [6, 6.07) is 33.7. The lowest BCUT2D eigenvalue weighted by Crippen LogP contribution is -2.08. The molecule has 192 valence electrons. The second kappa shape index (κ2) is 11.4. The first-order valence-corrected chi connectivity index (χ1v) is 12.4. The number of rotatable bonds is 8. The highest BCUT2D eigenvalue weighted by Gasteiger charge is 2.48. The summed E-state index contributed by atoms with van der Waals surface area (Å²) < 4.78 is 21.6. The fraction of sp³-hybridized carbons (Fsp3) is 0.188. The molecular weight excluding hydrogens is 480 g/mol. The van der Waals surface area contributed by atoms with Crippen molar-refractivity contribution in [2.24, 2.45) is 0 Å². The highest BCUT2D eigenvalue weighted by atomic mass is 16.6. The Bertz CT molecular complexity index is 1290. The predicted molar refractivity (Wildman–Crippen MR) is 143 cm³/mol. The van der Waals surface area contributed by atoms with Crippen molar-refractivity contribution in [3.8, 4) is 11.5 Å². The minimum Gasteiger partial charge on any atom is -0.496 e. The van der Waals surface area contributed by atoms with Crippen molar-refractivity contribution in [3.05, 3.63) is 131 Å². The van der Waals surface area contributed by atoms with Crippen LogP contribution in [0.5, 0.6) is 11.5 Å². The minimum atomic E-state index is -0.390. The zero-order valence-corrected chi connectivity index (χ0v) is 21.2. The fourth-order valence-electron chi connectivity index (χ4n) is 4.43. The number of hydrogen-bond acceptors (Lipinski definition) is 6. The quantitative estimate of drug-likeness (QED) is 0.213. The number of Topliss-reactive ketones (excluding diaryl/α,β-unsaturated/α-hetero) is 2. The van der Waals surface area contributed by atoms with Crippen molar-refractivity contribution < 1.29 is 28.5 Å². The number of epoxide rings is 2. The van der Waals surface area contributed by atoms with Gasteiger partial charge in [0.2, 0.25) is 0 Å². The molecule has 0 bridgehead atoms. The number of carbonyl (C=O) groups excluding carboxylic acids is 2. The van der Waals surface area contributed by atoms with Gasteiger partial charge < -0.3 is 18.9 Å². The molecule has 4 atom stereocenters. The molecule has 0 radical (unpaired) electrons. The highest BCUT2D eigenvalue weighted by Crippen LogP contribution is 2.45. The van der Waals surface area contributed by atoms with Gasteiger partial charge in [-0.15, -0.1) is 0 Å². The molecule has 2 heterocycles. The molecule has 38 heavy (non-hydrogen) atoms. The maximum absolute atomic E-state index is 12.2. The highest BCUT2D eigenvalue weighted by molar-refractivity contribution is 6.02. The second-order valence-corrected chi connectivity index (χ2v) is 8.90. The summed E-state index contributed by atoms with van der Waals surface area (Å²) in [6.45, 7) is 0. The predicted octanol–water partition coefficient (Wildman–Crippen LogP) is 6.04. The molecule has 6 rings (SSSR count). The van der Waals surface area contributed by atoms with Gasteiger partial charge >= 0.3 is 0 Å². The molecule has 2 aliphatic rings. The maximum Gasteiger partial charge on any atom is 0.194 e. The Kier molecular flexibility index (Phi) is 7.63. The van der Waals surface area contributed by atoms with Gasteiger partial charge in [0.25, 0.3) is 0 Å². The van der Waals surface area contributed by atoms with Crippen molar-refractivity contribution in [1.29, 1.82) is 0 Å². The van der Waals surface area contributed by atoms with Gasteiger partial charge in [0, 0.05) is 22.3 Å². The van der Waals surface area contributed by atoms with Gasteiger partial charge in [-0.2, -0.15) is 0 Å². The van der Waals surface area contributed by atoms with Crippen LogP contribution in [0, 0.1) is 0 Å². The SMILES string of the molecule is COc1ccccc1[C@@H]1O[C@H]1C(=O)c1ccccc1.COc1ccccc1[C@@H]1O[C@H]1C(=O)c1ccccc1. The Morgan fingerprint density at radius 1 is 0.526 bits per heavy atom. The van der Waals surface area contributed by atoms with Crippen LogP contribution >= 0.6 is 0 Å². The summed E-state index contributed by atoms with van der Waals surface area (Å²) in [6.07, 6.45) is -1.16. The van der Waals surface area contributed by atoms with Gasteiger partial charge in [0.05, 0.1) is 14.2 Å². The van der Waals surface area contributed by atoms with Crippen LogP contribution in [0.3, 0.4) is 0 Å². The largest absolute Gasteiger partial charge is 0.496 e. The molecule has 2 fully saturated rings. The van der Waals surface area contributed by atoms with E-state index >= 15 is 0 Å². The Balaban J connectivity index is 0.000000155. The van der Waals surface area contributed by atoms with Crippen LogP contribution in [-0.2, 0) is 9.47 Å². The van der Waals surface area contributed by atoms with E-state index in [-0.39, 0.29) is 23.8 Å². The molecule has 0 saturated carbocycles. The van der Waals surface area contributed by atoms with Crippen molar-refractivity contribution in [2.75, 3.05) is 14.2 Å². The van der Waals surface area contributed by atoms with E-state index in [1.54, 1.807) is 14.2 Å². The van der Waals surface area contributed by atoms with Crippen molar-refractivity contribution in [2.45, 2.75) is 24.4 Å². The number of benzene rings is 4. The second-order valence-electron chi connectivity index (χ2n) is 8.90. The molecule has 4 aromatic rings. The van der Waals surface area contributed by atoms with Gasteiger partial charge in [-0.3, -0.25) is 9.59 Å². The summed E-state index contributed by atoms with van der Waals surface area (Å²) in [5.74, 6) is 1.57. The topological polar surface area (TPSA) is 77.7 Å². The van der Waals surface area contributed by atoms with Gasteiger partial charge in [-0.05, 0) is 12.1 Å². The third-order valence-electron chi connectivity index (χ3n) is 6.51. The van der Waals surface area contributed by atoms with Crippen LogP contribution in [0.1, 0.15) is 44.1 Å². The third-order valence-corrected chi connectivity index (χ3v) is 6.51. The van der Waals surface area contributed by atoms with E-state index in [4.69, 9.17) is 18.9 Å². The molecule has 4 aromatic carbocycles. The van der Waals surface area contributed by atoms with Crippen molar-refractivity contribution in [1.82, 2.24) is 0 Å². The average molecular weight is 509 g/mol. The minimum absolute atomic E-state index is 0.0245.